The van der Waals surface area contributed by atoms with E-state index >= 15 is 0 Å². The Labute approximate surface area is 73.0 Å². The van der Waals surface area contributed by atoms with Crippen LogP contribution in [-0.2, 0) is 4.12 Å². The average molecular weight is 191 g/mol. The first-order valence-electron chi connectivity index (χ1n) is 4.30. The molecule has 0 aromatic carbocycles. The highest BCUT2D eigenvalue weighted by atomic mass is 28.4. The molecule has 2 unspecified atom stereocenters. The van der Waals surface area contributed by atoms with Gasteiger partial charge in [0, 0.05) is 5.67 Å². The molecule has 0 bridgehead atoms. The molecule has 0 aromatic rings. The van der Waals surface area contributed by atoms with Crippen molar-refractivity contribution in [2.45, 2.75) is 45.2 Å². The van der Waals surface area contributed by atoms with Crippen molar-refractivity contribution >= 4 is 17.4 Å². The summed E-state index contributed by atoms with van der Waals surface area (Å²) in [5.41, 5.74) is 6.22. The average Bonchev–Trinajstić information content (AvgIpc) is 1.82. The van der Waals surface area contributed by atoms with Gasteiger partial charge in [-0.1, -0.05) is 6.92 Å². The molecule has 0 saturated carbocycles. The Hall–Kier alpha value is 0.354. The fraction of sp³-hybridized carbons (Fsp3) is 1.00. The van der Waals surface area contributed by atoms with E-state index in [1.165, 1.54) is 0 Å². The van der Waals surface area contributed by atoms with Gasteiger partial charge in [-0.2, -0.15) is 0 Å². The zero-order valence-electron chi connectivity index (χ0n) is 8.35. The lowest BCUT2D eigenvalue weighted by Gasteiger charge is -2.26. The summed E-state index contributed by atoms with van der Waals surface area (Å²) >= 11 is 0. The molecule has 0 amide bonds. The minimum absolute atomic E-state index is 0.335. The minimum atomic E-state index is -1.32. The topological polar surface area (TPSA) is 35.2 Å². The summed E-state index contributed by atoms with van der Waals surface area (Å²) in [6.07, 6.45) is 1.05. The van der Waals surface area contributed by atoms with Crippen molar-refractivity contribution in [3.05, 3.63) is 0 Å². The van der Waals surface area contributed by atoms with E-state index in [2.05, 4.69) is 33.1 Å². The standard InChI is InChI=1S/C7H21NOSi2/c1-6-7(8)10(2)9-11(3,4)5/h7,10H,6,8H2,1-5H3. The molecule has 11 heavy (non-hydrogen) atoms. The van der Waals surface area contributed by atoms with Crippen LogP contribution in [0.1, 0.15) is 13.3 Å². The Morgan fingerprint density at radius 1 is 1.45 bits per heavy atom. The summed E-state index contributed by atoms with van der Waals surface area (Å²) in [5.74, 6) is 0. The smallest absolute Gasteiger partial charge is 0.176 e. The molecule has 0 rings (SSSR count). The predicted molar refractivity (Wildman–Crippen MR) is 55.7 cm³/mol. The van der Waals surface area contributed by atoms with E-state index in [-0.39, 0.29) is 0 Å². The van der Waals surface area contributed by atoms with Crippen LogP contribution in [0.3, 0.4) is 0 Å². The molecule has 0 aliphatic heterocycles. The molecule has 0 radical (unpaired) electrons. The summed E-state index contributed by atoms with van der Waals surface area (Å²) < 4.78 is 5.94. The predicted octanol–water partition coefficient (Wildman–Crippen LogP) is 1.47. The highest BCUT2D eigenvalue weighted by Crippen LogP contribution is 2.07. The molecule has 0 spiro atoms. The monoisotopic (exact) mass is 191 g/mol. The van der Waals surface area contributed by atoms with Crippen molar-refractivity contribution in [3.63, 3.8) is 0 Å². The van der Waals surface area contributed by atoms with Crippen LogP contribution in [0.2, 0.25) is 26.2 Å². The van der Waals surface area contributed by atoms with Gasteiger partial charge in [0.15, 0.2) is 17.4 Å². The second-order valence-corrected chi connectivity index (χ2v) is 11.4. The maximum atomic E-state index is 5.94. The Kier molecular flexibility index (Phi) is 4.54. The first-order chi connectivity index (χ1) is 4.87. The molecular formula is C7H21NOSi2. The Morgan fingerprint density at radius 3 is 2.18 bits per heavy atom. The van der Waals surface area contributed by atoms with Crippen molar-refractivity contribution in [1.29, 1.82) is 0 Å². The molecule has 68 valence electrons. The van der Waals surface area contributed by atoms with Crippen LogP contribution < -0.4 is 5.73 Å². The van der Waals surface area contributed by atoms with E-state index in [0.717, 1.165) is 6.42 Å². The van der Waals surface area contributed by atoms with Gasteiger partial charge in [-0.15, -0.1) is 0 Å². The zero-order valence-corrected chi connectivity index (χ0v) is 10.5. The molecule has 2 N–H and O–H groups in total. The van der Waals surface area contributed by atoms with Crippen LogP contribution in [0.15, 0.2) is 0 Å². The maximum Gasteiger partial charge on any atom is 0.176 e. The van der Waals surface area contributed by atoms with E-state index in [4.69, 9.17) is 9.85 Å². The lowest BCUT2D eigenvalue weighted by molar-refractivity contribution is 0.549. The van der Waals surface area contributed by atoms with E-state index in [1.807, 2.05) is 0 Å². The van der Waals surface area contributed by atoms with Crippen LogP contribution in [0.25, 0.3) is 0 Å². The summed E-state index contributed by atoms with van der Waals surface area (Å²) in [5, 5.41) is 0. The summed E-state index contributed by atoms with van der Waals surface area (Å²) in [4.78, 5) is 0. The molecule has 0 aliphatic carbocycles. The second-order valence-electron chi connectivity index (χ2n) is 4.01. The van der Waals surface area contributed by atoms with Gasteiger partial charge >= 0.3 is 0 Å². The molecule has 0 fully saturated rings. The third-order valence-corrected chi connectivity index (χ3v) is 7.61. The third-order valence-electron chi connectivity index (χ3n) is 1.61. The van der Waals surface area contributed by atoms with Gasteiger partial charge < -0.3 is 9.85 Å². The number of rotatable bonds is 4. The summed E-state index contributed by atoms with van der Waals surface area (Å²) in [6.45, 7) is 11.0. The van der Waals surface area contributed by atoms with Crippen LogP contribution >= 0.6 is 0 Å². The quantitative estimate of drug-likeness (QED) is 0.683. The largest absolute Gasteiger partial charge is 0.457 e. The van der Waals surface area contributed by atoms with Gasteiger partial charge in [0.2, 0.25) is 0 Å². The highest BCUT2D eigenvalue weighted by Gasteiger charge is 2.22. The van der Waals surface area contributed by atoms with Crippen LogP contribution in [0.5, 0.6) is 0 Å². The zero-order chi connectivity index (χ0) is 9.07. The molecule has 2 atom stereocenters. The van der Waals surface area contributed by atoms with E-state index in [1.54, 1.807) is 0 Å². The maximum absolute atomic E-state index is 5.94. The highest BCUT2D eigenvalue weighted by molar-refractivity contribution is 6.77. The third kappa shape index (κ3) is 5.61. The van der Waals surface area contributed by atoms with Crippen molar-refractivity contribution in [1.82, 2.24) is 0 Å². The van der Waals surface area contributed by atoms with Gasteiger partial charge in [-0.05, 0) is 32.6 Å². The fourth-order valence-electron chi connectivity index (χ4n) is 0.977. The number of nitrogens with two attached hydrogens (primary N) is 1. The summed E-state index contributed by atoms with van der Waals surface area (Å²) in [7, 11) is -2.40. The van der Waals surface area contributed by atoms with Crippen LogP contribution in [-0.4, -0.2) is 23.0 Å². The minimum Gasteiger partial charge on any atom is -0.457 e. The van der Waals surface area contributed by atoms with Crippen LogP contribution in [0, 0.1) is 0 Å². The molecule has 0 saturated heterocycles. The van der Waals surface area contributed by atoms with Gasteiger partial charge in [0.25, 0.3) is 0 Å². The van der Waals surface area contributed by atoms with E-state index in [0.29, 0.717) is 5.67 Å². The first kappa shape index (κ1) is 11.4. The molecule has 0 aromatic heterocycles. The van der Waals surface area contributed by atoms with Gasteiger partial charge in [0.05, 0.1) is 0 Å². The molecular weight excluding hydrogens is 170 g/mol. The second kappa shape index (κ2) is 4.40. The Morgan fingerprint density at radius 2 is 1.91 bits per heavy atom. The van der Waals surface area contributed by atoms with Crippen molar-refractivity contribution < 1.29 is 4.12 Å². The molecule has 0 heterocycles. The van der Waals surface area contributed by atoms with E-state index in [9.17, 15) is 0 Å². The van der Waals surface area contributed by atoms with Gasteiger partial charge in [-0.3, -0.25) is 0 Å². The molecule has 4 heteroatoms. The lowest BCUT2D eigenvalue weighted by atomic mass is 10.5. The van der Waals surface area contributed by atoms with Crippen molar-refractivity contribution in [2.75, 3.05) is 0 Å². The fourth-order valence-corrected chi connectivity index (χ4v) is 6.80. The van der Waals surface area contributed by atoms with Gasteiger partial charge in [0.1, 0.15) is 0 Å². The Balaban J connectivity index is 3.77. The molecule has 0 aliphatic rings. The number of hydrogen-bond acceptors (Lipinski definition) is 2. The lowest BCUT2D eigenvalue weighted by Crippen LogP contribution is -2.44. The van der Waals surface area contributed by atoms with Gasteiger partial charge in [-0.25, -0.2) is 0 Å². The summed E-state index contributed by atoms with van der Waals surface area (Å²) in [6, 6.07) is 0. The van der Waals surface area contributed by atoms with Crippen LogP contribution in [0.4, 0.5) is 0 Å². The Bertz CT molecular complexity index is 113. The van der Waals surface area contributed by atoms with Crippen molar-refractivity contribution in [3.8, 4) is 0 Å². The van der Waals surface area contributed by atoms with E-state index < -0.39 is 17.4 Å². The molecule has 2 nitrogen and oxygen atoms in total. The number of hydrogen-bond donors (Lipinski definition) is 1. The SMILES string of the molecule is CCC(N)[SiH](C)O[Si](C)(C)C. The normalized spacial score (nSPS) is 18.0. The first-order valence-corrected chi connectivity index (χ1v) is 10.0. The van der Waals surface area contributed by atoms with Crippen molar-refractivity contribution in [2.24, 2.45) is 5.73 Å².